The van der Waals surface area contributed by atoms with Crippen molar-refractivity contribution in [3.05, 3.63) is 70.0 Å². The van der Waals surface area contributed by atoms with E-state index in [0.29, 0.717) is 22.8 Å². The molecule has 0 fully saturated rings. The first-order valence-electron chi connectivity index (χ1n) is 9.88. The van der Waals surface area contributed by atoms with Crippen molar-refractivity contribution >= 4 is 17.0 Å². The van der Waals surface area contributed by atoms with Crippen molar-refractivity contribution in [2.24, 2.45) is 0 Å². The molecule has 182 valence electrons. The van der Waals surface area contributed by atoms with Crippen molar-refractivity contribution < 1.29 is 35.9 Å². The average Bonchev–Trinajstić information content (AvgIpc) is 2.63. The number of rotatable bonds is 4. The molecule has 0 aliphatic rings. The SMILES string of the molecule is CC(C)(C)OC(=O)N[C@@H](CC(F)(F)F)c1nc2cccc(F)c2c(=O)n1-c1cc(F)cc(F)c1. The van der Waals surface area contributed by atoms with Gasteiger partial charge >= 0.3 is 12.3 Å². The van der Waals surface area contributed by atoms with Crippen molar-refractivity contribution in [1.82, 2.24) is 14.9 Å². The van der Waals surface area contributed by atoms with Gasteiger partial charge in [-0.1, -0.05) is 6.07 Å². The van der Waals surface area contributed by atoms with Crippen LogP contribution in [0.3, 0.4) is 0 Å². The van der Waals surface area contributed by atoms with E-state index in [1.165, 1.54) is 32.9 Å². The van der Waals surface area contributed by atoms with E-state index in [1.54, 1.807) is 0 Å². The second kappa shape index (κ2) is 8.99. The predicted molar refractivity (Wildman–Crippen MR) is 110 cm³/mol. The highest BCUT2D eigenvalue weighted by atomic mass is 19.4. The van der Waals surface area contributed by atoms with Gasteiger partial charge in [0.2, 0.25) is 0 Å². The van der Waals surface area contributed by atoms with E-state index in [0.717, 1.165) is 6.07 Å². The first kappa shape index (κ1) is 25.1. The van der Waals surface area contributed by atoms with Crippen molar-refractivity contribution in [3.8, 4) is 5.69 Å². The minimum atomic E-state index is -4.87. The molecule has 1 aromatic heterocycles. The number of hydrogen-bond donors (Lipinski definition) is 1. The van der Waals surface area contributed by atoms with Crippen LogP contribution in [0.4, 0.5) is 31.1 Å². The van der Waals surface area contributed by atoms with E-state index >= 15 is 0 Å². The first-order valence-corrected chi connectivity index (χ1v) is 9.88. The number of carbonyl (C=O) groups excluding carboxylic acids is 1. The van der Waals surface area contributed by atoms with Gasteiger partial charge in [-0.05, 0) is 45.0 Å². The third kappa shape index (κ3) is 5.86. The minimum Gasteiger partial charge on any atom is -0.444 e. The molecule has 0 spiro atoms. The summed E-state index contributed by atoms with van der Waals surface area (Å²) in [4.78, 5) is 29.5. The Morgan fingerprint density at radius 1 is 1.09 bits per heavy atom. The zero-order chi connectivity index (χ0) is 25.4. The Hall–Kier alpha value is -3.57. The van der Waals surface area contributed by atoms with Crippen LogP contribution in [0, 0.1) is 17.5 Å². The summed E-state index contributed by atoms with van der Waals surface area (Å²) < 4.78 is 88.0. The number of carbonyl (C=O) groups is 1. The maximum Gasteiger partial charge on any atom is 0.408 e. The summed E-state index contributed by atoms with van der Waals surface area (Å²) in [7, 11) is 0. The maximum absolute atomic E-state index is 14.4. The lowest BCUT2D eigenvalue weighted by molar-refractivity contribution is -0.140. The number of aromatic nitrogens is 2. The number of alkyl halides is 3. The Morgan fingerprint density at radius 2 is 1.71 bits per heavy atom. The first-order chi connectivity index (χ1) is 15.6. The molecular formula is C22H19F6N3O3. The number of fused-ring (bicyclic) bond motifs is 1. The lowest BCUT2D eigenvalue weighted by Crippen LogP contribution is -2.39. The quantitative estimate of drug-likeness (QED) is 0.506. The summed E-state index contributed by atoms with van der Waals surface area (Å²) in [5.41, 5.74) is -3.15. The lowest BCUT2D eigenvalue weighted by atomic mass is 10.1. The monoisotopic (exact) mass is 487 g/mol. The van der Waals surface area contributed by atoms with Gasteiger partial charge in [-0.2, -0.15) is 13.2 Å². The summed E-state index contributed by atoms with van der Waals surface area (Å²) >= 11 is 0. The second-order valence-electron chi connectivity index (χ2n) is 8.39. The summed E-state index contributed by atoms with van der Waals surface area (Å²) in [6, 6.07) is 3.07. The minimum absolute atomic E-state index is 0.314. The van der Waals surface area contributed by atoms with Crippen LogP contribution in [0.1, 0.15) is 39.1 Å². The van der Waals surface area contributed by atoms with Crippen molar-refractivity contribution in [3.63, 3.8) is 0 Å². The predicted octanol–water partition coefficient (Wildman–Crippen LogP) is 5.32. The molecular weight excluding hydrogens is 468 g/mol. The van der Waals surface area contributed by atoms with Crippen LogP contribution in [-0.2, 0) is 4.74 Å². The fraction of sp³-hybridized carbons (Fsp3) is 0.318. The summed E-state index contributed by atoms with van der Waals surface area (Å²) in [6.45, 7) is 4.44. The Bertz CT molecular complexity index is 1280. The molecule has 34 heavy (non-hydrogen) atoms. The van der Waals surface area contributed by atoms with Gasteiger partial charge in [-0.25, -0.2) is 22.9 Å². The molecule has 3 aromatic rings. The Morgan fingerprint density at radius 3 is 2.26 bits per heavy atom. The summed E-state index contributed by atoms with van der Waals surface area (Å²) in [5, 5.41) is 1.40. The topological polar surface area (TPSA) is 73.2 Å². The normalized spacial score (nSPS) is 13.1. The molecule has 1 amide bonds. The van der Waals surface area contributed by atoms with Crippen LogP contribution in [0.5, 0.6) is 0 Å². The second-order valence-corrected chi connectivity index (χ2v) is 8.39. The van der Waals surface area contributed by atoms with Crippen LogP contribution in [0.25, 0.3) is 16.6 Å². The average molecular weight is 487 g/mol. The Kier molecular flexibility index (Phi) is 6.63. The molecule has 0 bridgehead atoms. The molecule has 3 rings (SSSR count). The number of alkyl carbamates (subject to hydrolysis) is 1. The van der Waals surface area contributed by atoms with Gasteiger partial charge in [0.1, 0.15) is 34.3 Å². The van der Waals surface area contributed by atoms with Crippen LogP contribution in [0.15, 0.2) is 41.2 Å². The molecule has 0 saturated carbocycles. The molecule has 1 N–H and O–H groups in total. The van der Waals surface area contributed by atoms with Gasteiger partial charge in [-0.3, -0.25) is 9.36 Å². The number of nitrogens with one attached hydrogen (secondary N) is 1. The third-order valence-electron chi connectivity index (χ3n) is 4.42. The Balaban J connectivity index is 2.32. The number of benzene rings is 2. The molecule has 0 saturated heterocycles. The number of nitrogens with zero attached hydrogens (tertiary/aromatic N) is 2. The molecule has 1 heterocycles. The highest BCUT2D eigenvalue weighted by molar-refractivity contribution is 5.79. The van der Waals surface area contributed by atoms with Gasteiger partial charge in [0.15, 0.2) is 0 Å². The van der Waals surface area contributed by atoms with E-state index in [-0.39, 0.29) is 5.52 Å². The molecule has 0 aliphatic heterocycles. The fourth-order valence-corrected chi connectivity index (χ4v) is 3.25. The van der Waals surface area contributed by atoms with Gasteiger partial charge in [-0.15, -0.1) is 0 Å². The van der Waals surface area contributed by atoms with Gasteiger partial charge < -0.3 is 10.1 Å². The zero-order valence-electron chi connectivity index (χ0n) is 18.1. The van der Waals surface area contributed by atoms with Crippen LogP contribution >= 0.6 is 0 Å². The van der Waals surface area contributed by atoms with E-state index in [4.69, 9.17) is 4.74 Å². The summed E-state index contributed by atoms with van der Waals surface area (Å²) in [5.74, 6) is -4.06. The molecule has 0 aliphatic carbocycles. The fourth-order valence-electron chi connectivity index (χ4n) is 3.25. The van der Waals surface area contributed by atoms with Gasteiger partial charge in [0.05, 0.1) is 23.7 Å². The lowest BCUT2D eigenvalue weighted by Gasteiger charge is -2.26. The van der Waals surface area contributed by atoms with Crippen molar-refractivity contribution in [1.29, 1.82) is 0 Å². The van der Waals surface area contributed by atoms with Crippen molar-refractivity contribution in [2.45, 2.75) is 45.0 Å². The standard InChI is InChI=1S/C22H19F6N3O3/c1-21(2,3)34-20(33)30-16(10-22(26,27)28)18-29-15-6-4-5-14(25)17(15)19(32)31(18)13-8-11(23)7-12(24)9-13/h4-9,16H,10H2,1-3H3,(H,30,33)/t16-/m0/s1. The van der Waals surface area contributed by atoms with E-state index in [2.05, 4.69) is 4.98 Å². The smallest absolute Gasteiger partial charge is 0.408 e. The molecule has 0 radical (unpaired) electrons. The van der Waals surface area contributed by atoms with Crippen molar-refractivity contribution in [2.75, 3.05) is 0 Å². The number of amides is 1. The molecule has 0 unspecified atom stereocenters. The highest BCUT2D eigenvalue weighted by Gasteiger charge is 2.37. The van der Waals surface area contributed by atoms with Gasteiger partial charge in [0.25, 0.3) is 5.56 Å². The molecule has 6 nitrogen and oxygen atoms in total. The van der Waals surface area contributed by atoms with E-state index < -0.39 is 70.2 Å². The number of halogens is 6. The number of hydrogen-bond acceptors (Lipinski definition) is 4. The van der Waals surface area contributed by atoms with Gasteiger partial charge in [0, 0.05) is 6.07 Å². The third-order valence-corrected chi connectivity index (χ3v) is 4.42. The molecule has 1 atom stereocenters. The molecule has 2 aromatic carbocycles. The molecule has 12 heteroatoms. The van der Waals surface area contributed by atoms with E-state index in [9.17, 15) is 35.9 Å². The number of ether oxygens (including phenoxy) is 1. The van der Waals surface area contributed by atoms with Crippen LogP contribution in [0.2, 0.25) is 0 Å². The largest absolute Gasteiger partial charge is 0.444 e. The highest BCUT2D eigenvalue weighted by Crippen LogP contribution is 2.31. The summed E-state index contributed by atoms with van der Waals surface area (Å²) in [6.07, 6.45) is -7.84. The van der Waals surface area contributed by atoms with E-state index in [1.807, 2.05) is 5.32 Å². The maximum atomic E-state index is 14.4. The zero-order valence-corrected chi connectivity index (χ0v) is 18.1. The Labute approximate surface area is 189 Å². The van der Waals surface area contributed by atoms with Crippen LogP contribution < -0.4 is 10.9 Å². The van der Waals surface area contributed by atoms with Crippen LogP contribution in [-0.4, -0.2) is 27.4 Å².